The molecule has 1 unspecified atom stereocenters. The van der Waals surface area contributed by atoms with Gasteiger partial charge in [0, 0.05) is 0 Å². The molecule has 0 radical (unpaired) electrons. The van der Waals surface area contributed by atoms with Crippen molar-refractivity contribution in [2.75, 3.05) is 6.61 Å². The Morgan fingerprint density at radius 1 is 1.30 bits per heavy atom. The van der Waals surface area contributed by atoms with Gasteiger partial charge in [0.2, 0.25) is 0 Å². The summed E-state index contributed by atoms with van der Waals surface area (Å²) < 4.78 is 4.98. The molecular formula is C5H11BO4. The second-order valence-corrected chi connectivity index (χ2v) is 2.54. The van der Waals surface area contributed by atoms with Crippen LogP contribution in [0.5, 0.6) is 0 Å². The summed E-state index contributed by atoms with van der Waals surface area (Å²) in [5, 5.41) is 26.8. The Morgan fingerprint density at radius 3 is 2.10 bits per heavy atom. The molecular weight excluding hydrogens is 135 g/mol. The first-order valence-corrected chi connectivity index (χ1v) is 3.29. The molecule has 0 aromatic heterocycles. The van der Waals surface area contributed by atoms with Gasteiger partial charge >= 0.3 is 0 Å². The molecule has 10 heavy (non-hydrogen) atoms. The van der Waals surface area contributed by atoms with Gasteiger partial charge in [0.1, 0.15) is 26.2 Å². The summed E-state index contributed by atoms with van der Waals surface area (Å²) in [6.07, 6.45) is -2.43. The van der Waals surface area contributed by atoms with Crippen molar-refractivity contribution >= 4 is 7.85 Å². The minimum atomic E-state index is -0.944. The smallest absolute Gasteiger partial charge is 0.142 e. The van der Waals surface area contributed by atoms with Crippen molar-refractivity contribution in [1.29, 1.82) is 0 Å². The largest absolute Gasteiger partial charge is 0.394 e. The maximum atomic E-state index is 9.09. The van der Waals surface area contributed by atoms with E-state index in [1.54, 1.807) is 7.85 Å². The molecule has 1 aliphatic rings. The predicted octanol–water partition coefficient (Wildman–Crippen LogP) is -2.94. The van der Waals surface area contributed by atoms with E-state index in [1.807, 2.05) is 0 Å². The summed E-state index contributed by atoms with van der Waals surface area (Å²) in [6.45, 7) is -0.247. The Kier molecular flexibility index (Phi) is 2.30. The molecule has 0 spiro atoms. The van der Waals surface area contributed by atoms with Crippen molar-refractivity contribution in [2.24, 2.45) is 0 Å². The van der Waals surface area contributed by atoms with Crippen molar-refractivity contribution in [3.8, 4) is 0 Å². The lowest BCUT2D eigenvalue weighted by atomic mass is 9.93. The summed E-state index contributed by atoms with van der Waals surface area (Å²) in [5.41, 5.74) is 0. The highest BCUT2D eigenvalue weighted by molar-refractivity contribution is 6.11. The fraction of sp³-hybridized carbons (Fsp3) is 1.00. The summed E-state index contributed by atoms with van der Waals surface area (Å²) >= 11 is 0. The highest BCUT2D eigenvalue weighted by Gasteiger charge is 2.39. The summed E-state index contributed by atoms with van der Waals surface area (Å²) in [7, 11) is 1.66. The first kappa shape index (κ1) is 8.01. The molecule has 0 bridgehead atoms. The fourth-order valence-electron chi connectivity index (χ4n) is 1.09. The lowest BCUT2D eigenvalue weighted by molar-refractivity contribution is -0.00875. The number of ether oxygens (including phenoxy) is 1. The number of aliphatic hydroxyl groups is 3. The topological polar surface area (TPSA) is 69.9 Å². The van der Waals surface area contributed by atoms with Crippen LogP contribution in [0, 0.1) is 0 Å². The monoisotopic (exact) mass is 146 g/mol. The lowest BCUT2D eigenvalue weighted by Gasteiger charge is -2.10. The average molecular weight is 146 g/mol. The zero-order chi connectivity index (χ0) is 7.72. The van der Waals surface area contributed by atoms with Crippen molar-refractivity contribution in [3.63, 3.8) is 0 Å². The van der Waals surface area contributed by atoms with Crippen molar-refractivity contribution in [3.05, 3.63) is 0 Å². The summed E-state index contributed by atoms with van der Waals surface area (Å²) in [5.74, 6) is 0. The van der Waals surface area contributed by atoms with Gasteiger partial charge in [-0.1, -0.05) is 0 Å². The fourth-order valence-corrected chi connectivity index (χ4v) is 1.09. The van der Waals surface area contributed by atoms with Gasteiger partial charge in [-0.15, -0.1) is 0 Å². The van der Waals surface area contributed by atoms with Crippen molar-refractivity contribution in [2.45, 2.75) is 24.3 Å². The van der Waals surface area contributed by atoms with Crippen LogP contribution in [0.1, 0.15) is 0 Å². The molecule has 0 aromatic carbocycles. The molecule has 4 nitrogen and oxygen atoms in total. The van der Waals surface area contributed by atoms with E-state index < -0.39 is 18.3 Å². The molecule has 0 aromatic rings. The molecule has 4 atom stereocenters. The van der Waals surface area contributed by atoms with Gasteiger partial charge in [0.15, 0.2) is 0 Å². The zero-order valence-electron chi connectivity index (χ0n) is 5.77. The van der Waals surface area contributed by atoms with Crippen LogP contribution in [-0.2, 0) is 4.74 Å². The molecule has 5 heteroatoms. The second kappa shape index (κ2) is 2.88. The third-order valence-electron chi connectivity index (χ3n) is 1.78. The number of aliphatic hydroxyl groups excluding tert-OH is 3. The van der Waals surface area contributed by atoms with Gasteiger partial charge in [-0.3, -0.25) is 0 Å². The van der Waals surface area contributed by atoms with Crippen LogP contribution in [0.4, 0.5) is 0 Å². The van der Waals surface area contributed by atoms with E-state index in [0.29, 0.717) is 0 Å². The molecule has 1 heterocycles. The van der Waals surface area contributed by atoms with Crippen LogP contribution in [0.3, 0.4) is 0 Å². The van der Waals surface area contributed by atoms with E-state index in [2.05, 4.69) is 0 Å². The Morgan fingerprint density at radius 2 is 1.90 bits per heavy atom. The zero-order valence-corrected chi connectivity index (χ0v) is 5.77. The van der Waals surface area contributed by atoms with Crippen LogP contribution in [0.25, 0.3) is 0 Å². The van der Waals surface area contributed by atoms with Gasteiger partial charge in [0.25, 0.3) is 0 Å². The van der Waals surface area contributed by atoms with E-state index >= 15 is 0 Å². The first-order valence-electron chi connectivity index (χ1n) is 3.29. The molecule has 1 saturated heterocycles. The highest BCUT2D eigenvalue weighted by atomic mass is 16.5. The van der Waals surface area contributed by atoms with Crippen LogP contribution < -0.4 is 0 Å². The Hall–Kier alpha value is -0.0951. The molecule has 1 rings (SSSR count). The highest BCUT2D eigenvalue weighted by Crippen LogP contribution is 2.18. The number of hydrogen-bond donors (Lipinski definition) is 3. The molecule has 1 fully saturated rings. The molecule has 0 saturated carbocycles. The lowest BCUT2D eigenvalue weighted by Crippen LogP contribution is -2.33. The van der Waals surface area contributed by atoms with E-state index in [0.717, 1.165) is 0 Å². The SMILES string of the molecule is B[C@@H]1O[C@H](CO)C(O)[C@@H]1O. The van der Waals surface area contributed by atoms with E-state index in [-0.39, 0.29) is 12.6 Å². The Labute approximate surface area is 59.8 Å². The van der Waals surface area contributed by atoms with Crippen LogP contribution in [0.15, 0.2) is 0 Å². The maximum Gasteiger partial charge on any atom is 0.142 e. The quantitative estimate of drug-likeness (QED) is 0.346. The standard InChI is InChI=1S/C5H11BO4/c6-5-4(9)3(8)2(1-7)10-5/h2-5,7-9H,1,6H2/t2-,3?,4+,5-/m1/s1. The van der Waals surface area contributed by atoms with E-state index in [4.69, 9.17) is 20.1 Å². The Bertz CT molecular complexity index is 120. The Balaban J connectivity index is 2.53. The summed E-state index contributed by atoms with van der Waals surface area (Å²) in [4.78, 5) is 0. The average Bonchev–Trinajstić information content (AvgIpc) is 2.17. The normalized spacial score (nSPS) is 47.9. The number of hydrogen-bond acceptors (Lipinski definition) is 4. The van der Waals surface area contributed by atoms with E-state index in [9.17, 15) is 0 Å². The van der Waals surface area contributed by atoms with Gasteiger partial charge in [-0.05, 0) is 0 Å². The maximum absolute atomic E-state index is 9.09. The molecule has 3 N–H and O–H groups in total. The minimum absolute atomic E-state index is 0.247. The van der Waals surface area contributed by atoms with Crippen LogP contribution in [-0.4, -0.2) is 54.1 Å². The first-order chi connectivity index (χ1) is 4.66. The van der Waals surface area contributed by atoms with Crippen molar-refractivity contribution in [1.82, 2.24) is 0 Å². The van der Waals surface area contributed by atoms with Gasteiger partial charge in [-0.2, -0.15) is 0 Å². The minimum Gasteiger partial charge on any atom is -0.394 e. The van der Waals surface area contributed by atoms with Crippen molar-refractivity contribution < 1.29 is 20.1 Å². The van der Waals surface area contributed by atoms with E-state index in [1.165, 1.54) is 0 Å². The molecule has 0 aliphatic carbocycles. The number of rotatable bonds is 1. The molecule has 0 amide bonds. The third kappa shape index (κ3) is 1.18. The molecule has 58 valence electrons. The third-order valence-corrected chi connectivity index (χ3v) is 1.78. The summed E-state index contributed by atoms with van der Waals surface area (Å²) in [6, 6.07) is -0.382. The molecule has 1 aliphatic heterocycles. The van der Waals surface area contributed by atoms with Crippen LogP contribution in [0.2, 0.25) is 0 Å². The van der Waals surface area contributed by atoms with Gasteiger partial charge in [0.05, 0.1) is 12.6 Å². The second-order valence-electron chi connectivity index (χ2n) is 2.54. The van der Waals surface area contributed by atoms with Gasteiger partial charge in [-0.25, -0.2) is 0 Å². The van der Waals surface area contributed by atoms with Gasteiger partial charge < -0.3 is 20.1 Å². The predicted molar refractivity (Wildman–Crippen MR) is 36.3 cm³/mol. The van der Waals surface area contributed by atoms with Crippen LogP contribution >= 0.6 is 0 Å².